The first-order valence-electron chi connectivity index (χ1n) is 10.3. The molecule has 12 heteroatoms. The summed E-state index contributed by atoms with van der Waals surface area (Å²) in [6.45, 7) is 0.427. The predicted octanol–water partition coefficient (Wildman–Crippen LogP) is 5.43. The van der Waals surface area contributed by atoms with E-state index < -0.39 is 10.8 Å². The van der Waals surface area contributed by atoms with Gasteiger partial charge in [-0.05, 0) is 46.7 Å². The van der Waals surface area contributed by atoms with E-state index in [-0.39, 0.29) is 35.9 Å². The number of para-hydroxylation sites is 1. The van der Waals surface area contributed by atoms with E-state index in [4.69, 9.17) is 15.5 Å². The standard InChI is InChI=1S/C22H17F2IN6O3/c23-22(24)6-12(7-22)10-30-11-13(8-28-30)15-9-27-14-4-5-17(19(25)21(14)29-15)34-18-3-1-2-16(20(18)26)31(32)33/h1-5,8-9,11-12H,6-7,10,26H2. The minimum absolute atomic E-state index is 0.0696. The molecule has 174 valence electrons. The summed E-state index contributed by atoms with van der Waals surface area (Å²) in [6.07, 6.45) is 4.78. The van der Waals surface area contributed by atoms with Gasteiger partial charge in [-0.15, -0.1) is 0 Å². The molecule has 2 heterocycles. The molecule has 1 saturated carbocycles. The maximum atomic E-state index is 13.1. The van der Waals surface area contributed by atoms with Crippen molar-refractivity contribution in [3.05, 3.63) is 62.6 Å². The van der Waals surface area contributed by atoms with Gasteiger partial charge in [0.1, 0.15) is 11.3 Å². The number of ether oxygens (including phenoxy) is 1. The minimum Gasteiger partial charge on any atom is -0.454 e. The highest BCUT2D eigenvalue weighted by Gasteiger charge is 2.45. The number of nitrogen functional groups attached to an aromatic ring is 1. The van der Waals surface area contributed by atoms with Crippen LogP contribution in [0.1, 0.15) is 12.8 Å². The topological polar surface area (TPSA) is 122 Å². The smallest absolute Gasteiger partial charge is 0.295 e. The maximum Gasteiger partial charge on any atom is 0.295 e. The molecule has 0 radical (unpaired) electrons. The van der Waals surface area contributed by atoms with Crippen molar-refractivity contribution in [3.8, 4) is 22.8 Å². The van der Waals surface area contributed by atoms with Crippen molar-refractivity contribution in [2.75, 3.05) is 5.73 Å². The van der Waals surface area contributed by atoms with Gasteiger partial charge >= 0.3 is 0 Å². The summed E-state index contributed by atoms with van der Waals surface area (Å²) < 4.78 is 34.4. The largest absolute Gasteiger partial charge is 0.454 e. The molecule has 5 rings (SSSR count). The lowest BCUT2D eigenvalue weighted by Crippen LogP contribution is -2.37. The molecule has 0 bridgehead atoms. The van der Waals surface area contributed by atoms with E-state index in [9.17, 15) is 18.9 Å². The van der Waals surface area contributed by atoms with Crippen LogP contribution in [0.2, 0.25) is 0 Å². The monoisotopic (exact) mass is 578 g/mol. The SMILES string of the molecule is Nc1c(Oc2ccc3ncc(-c4cnn(CC5CC(F)(F)C5)c4)nc3c2I)cccc1[N+](=O)[O-]. The zero-order valence-corrected chi connectivity index (χ0v) is 19.6. The van der Waals surface area contributed by atoms with Crippen molar-refractivity contribution in [3.63, 3.8) is 0 Å². The van der Waals surface area contributed by atoms with Gasteiger partial charge in [0.25, 0.3) is 5.69 Å². The van der Waals surface area contributed by atoms with Crippen LogP contribution in [0, 0.1) is 19.6 Å². The van der Waals surface area contributed by atoms with Gasteiger partial charge < -0.3 is 10.5 Å². The van der Waals surface area contributed by atoms with Crippen LogP contribution in [0.3, 0.4) is 0 Å². The Morgan fingerprint density at radius 1 is 1.24 bits per heavy atom. The van der Waals surface area contributed by atoms with E-state index in [1.54, 1.807) is 41.5 Å². The number of alkyl halides is 2. The lowest BCUT2D eigenvalue weighted by molar-refractivity contribution is -0.383. The summed E-state index contributed by atoms with van der Waals surface area (Å²) in [5.41, 5.74) is 8.10. The molecule has 4 aromatic rings. The molecule has 2 N–H and O–H groups in total. The number of fused-ring (bicyclic) bond motifs is 1. The number of hydrogen-bond acceptors (Lipinski definition) is 7. The molecule has 2 aromatic carbocycles. The Labute approximate surface area is 205 Å². The molecule has 1 aliphatic carbocycles. The summed E-state index contributed by atoms with van der Waals surface area (Å²) in [5.74, 6) is -2.06. The summed E-state index contributed by atoms with van der Waals surface area (Å²) in [7, 11) is 0. The lowest BCUT2D eigenvalue weighted by Gasteiger charge is -2.34. The molecule has 0 spiro atoms. The number of hydrogen-bond donors (Lipinski definition) is 1. The first-order valence-corrected chi connectivity index (χ1v) is 11.3. The van der Waals surface area contributed by atoms with Crippen LogP contribution in [-0.2, 0) is 6.54 Å². The van der Waals surface area contributed by atoms with Crippen LogP contribution in [0.4, 0.5) is 20.2 Å². The number of halogens is 3. The predicted molar refractivity (Wildman–Crippen MR) is 129 cm³/mol. The third-order valence-electron chi connectivity index (χ3n) is 5.63. The maximum absolute atomic E-state index is 13.1. The summed E-state index contributed by atoms with van der Waals surface area (Å²) in [6, 6.07) is 7.79. The Bertz CT molecular complexity index is 1420. The first kappa shape index (κ1) is 22.4. The summed E-state index contributed by atoms with van der Waals surface area (Å²) in [5, 5.41) is 15.4. The molecule has 0 saturated heterocycles. The second-order valence-electron chi connectivity index (χ2n) is 8.13. The molecular weight excluding hydrogens is 561 g/mol. The Hall–Kier alpha value is -3.42. The second-order valence-corrected chi connectivity index (χ2v) is 9.21. The van der Waals surface area contributed by atoms with Crippen molar-refractivity contribution in [2.45, 2.75) is 25.3 Å². The van der Waals surface area contributed by atoms with Crippen molar-refractivity contribution >= 4 is 45.0 Å². The van der Waals surface area contributed by atoms with Crippen LogP contribution in [0.15, 0.2) is 48.9 Å². The summed E-state index contributed by atoms with van der Waals surface area (Å²) >= 11 is 2.08. The number of nitrogens with two attached hydrogens (primary N) is 1. The van der Waals surface area contributed by atoms with Crippen LogP contribution in [-0.4, -0.2) is 30.6 Å². The van der Waals surface area contributed by atoms with Crippen LogP contribution in [0.25, 0.3) is 22.3 Å². The van der Waals surface area contributed by atoms with Crippen LogP contribution in [0.5, 0.6) is 11.5 Å². The Morgan fingerprint density at radius 3 is 2.76 bits per heavy atom. The fourth-order valence-electron chi connectivity index (χ4n) is 3.92. The number of aromatic nitrogens is 4. The Morgan fingerprint density at radius 2 is 2.03 bits per heavy atom. The zero-order valence-electron chi connectivity index (χ0n) is 17.5. The van der Waals surface area contributed by atoms with Gasteiger partial charge in [0.15, 0.2) is 11.4 Å². The Balaban J connectivity index is 1.42. The second kappa shape index (κ2) is 8.42. The van der Waals surface area contributed by atoms with Gasteiger partial charge in [-0.1, -0.05) is 6.07 Å². The third kappa shape index (κ3) is 4.24. The van der Waals surface area contributed by atoms with Crippen LogP contribution < -0.4 is 10.5 Å². The van der Waals surface area contributed by atoms with Gasteiger partial charge in [0.05, 0.1) is 32.1 Å². The number of nitro groups is 1. The quantitative estimate of drug-likeness (QED) is 0.140. The molecule has 1 aliphatic rings. The van der Waals surface area contributed by atoms with E-state index in [0.29, 0.717) is 38.2 Å². The molecule has 0 unspecified atom stereocenters. The number of nitrogens with zero attached hydrogens (tertiary/aromatic N) is 5. The first-order chi connectivity index (χ1) is 16.2. The van der Waals surface area contributed by atoms with E-state index in [1.807, 2.05) is 0 Å². The molecule has 0 amide bonds. The highest BCUT2D eigenvalue weighted by Crippen LogP contribution is 2.43. The fourth-order valence-corrected chi connectivity index (χ4v) is 4.60. The van der Waals surface area contributed by atoms with Gasteiger partial charge in [-0.3, -0.25) is 19.8 Å². The number of rotatable bonds is 6. The fraction of sp³-hybridized carbons (Fsp3) is 0.227. The number of anilines is 1. The molecule has 1 fully saturated rings. The van der Waals surface area contributed by atoms with Gasteiger partial charge in [0, 0.05) is 37.2 Å². The number of benzene rings is 2. The lowest BCUT2D eigenvalue weighted by atomic mass is 9.81. The van der Waals surface area contributed by atoms with Crippen molar-refractivity contribution in [1.29, 1.82) is 0 Å². The Kier molecular flexibility index (Phi) is 5.54. The van der Waals surface area contributed by atoms with E-state index >= 15 is 0 Å². The van der Waals surface area contributed by atoms with E-state index in [0.717, 1.165) is 0 Å². The van der Waals surface area contributed by atoms with E-state index in [1.165, 1.54) is 12.1 Å². The van der Waals surface area contributed by atoms with Crippen molar-refractivity contribution < 1.29 is 18.4 Å². The highest BCUT2D eigenvalue weighted by atomic mass is 127. The average molecular weight is 578 g/mol. The molecular formula is C22H17F2IN6O3. The van der Waals surface area contributed by atoms with Gasteiger partial charge in [-0.25, -0.2) is 13.8 Å². The third-order valence-corrected chi connectivity index (χ3v) is 6.67. The highest BCUT2D eigenvalue weighted by molar-refractivity contribution is 14.1. The average Bonchev–Trinajstić information content (AvgIpc) is 3.24. The number of nitro benzene ring substituents is 1. The van der Waals surface area contributed by atoms with Crippen molar-refractivity contribution in [2.24, 2.45) is 5.92 Å². The minimum atomic E-state index is -2.56. The van der Waals surface area contributed by atoms with E-state index in [2.05, 4.69) is 32.7 Å². The molecule has 0 aliphatic heterocycles. The normalized spacial score (nSPS) is 15.3. The van der Waals surface area contributed by atoms with Gasteiger partial charge in [0.2, 0.25) is 5.92 Å². The molecule has 2 aromatic heterocycles. The summed E-state index contributed by atoms with van der Waals surface area (Å²) in [4.78, 5) is 19.8. The van der Waals surface area contributed by atoms with Gasteiger partial charge in [-0.2, -0.15) is 5.10 Å². The molecule has 9 nitrogen and oxygen atoms in total. The van der Waals surface area contributed by atoms with Crippen LogP contribution >= 0.6 is 22.6 Å². The van der Waals surface area contributed by atoms with Crippen molar-refractivity contribution in [1.82, 2.24) is 19.7 Å². The molecule has 0 atom stereocenters. The molecule has 34 heavy (non-hydrogen) atoms. The zero-order chi connectivity index (χ0) is 24.0.